The van der Waals surface area contributed by atoms with Gasteiger partial charge in [0, 0.05) is 17.2 Å². The fourth-order valence-electron chi connectivity index (χ4n) is 1.56. The molecule has 0 radical (unpaired) electrons. The normalized spacial score (nSPS) is 10.4. The third kappa shape index (κ3) is 4.78. The van der Waals surface area contributed by atoms with E-state index in [-0.39, 0.29) is 0 Å². The van der Waals surface area contributed by atoms with E-state index in [2.05, 4.69) is 37.9 Å². The summed E-state index contributed by atoms with van der Waals surface area (Å²) in [6, 6.07) is 7.36. The van der Waals surface area contributed by atoms with Gasteiger partial charge < -0.3 is 14.8 Å². The molecule has 5 nitrogen and oxygen atoms in total. The van der Waals surface area contributed by atoms with Gasteiger partial charge in [0.05, 0.1) is 18.5 Å². The van der Waals surface area contributed by atoms with Crippen molar-refractivity contribution < 1.29 is 13.9 Å². The average molecular weight is 403 g/mol. The van der Waals surface area contributed by atoms with E-state index in [0.29, 0.717) is 29.3 Å². The Hall–Kier alpha value is -1.48. The highest BCUT2D eigenvalue weighted by Crippen LogP contribution is 2.19. The summed E-state index contributed by atoms with van der Waals surface area (Å²) in [4.78, 5) is 8.03. The molecule has 0 unspecified atom stereocenters. The Morgan fingerprint density at radius 1 is 1.24 bits per heavy atom. The molecule has 0 aliphatic rings. The first-order valence-corrected chi connectivity index (χ1v) is 7.81. The number of hydrogen-bond donors (Lipinski definition) is 1. The molecule has 0 atom stereocenters. The van der Waals surface area contributed by atoms with E-state index >= 15 is 0 Å². The zero-order valence-electron chi connectivity index (χ0n) is 11.5. The topological polar surface area (TPSA) is 56.3 Å². The van der Waals surface area contributed by atoms with Gasteiger partial charge in [0.2, 0.25) is 5.95 Å². The number of halogens is 2. The van der Waals surface area contributed by atoms with E-state index in [1.807, 2.05) is 24.3 Å². The van der Waals surface area contributed by atoms with E-state index in [0.717, 1.165) is 11.4 Å². The van der Waals surface area contributed by atoms with Gasteiger partial charge in [-0.1, -0.05) is 22.6 Å². The van der Waals surface area contributed by atoms with Gasteiger partial charge in [-0.05, 0) is 24.3 Å². The van der Waals surface area contributed by atoms with E-state index < -0.39 is 5.82 Å². The Bertz CT molecular complexity index is 581. The van der Waals surface area contributed by atoms with Crippen molar-refractivity contribution in [3.05, 3.63) is 42.0 Å². The summed E-state index contributed by atoms with van der Waals surface area (Å²) in [5.74, 6) is 0.735. The standard InChI is InChI=1S/C14H15FIN3O2/c1-20-6-7-21-11-4-2-10(3-5-11)18-14-17-9-12(15)13(8-16)19-14/h2-5,9H,6-8H2,1H3,(H,17,18,19). The molecule has 2 aromatic rings. The third-order valence-corrected chi connectivity index (χ3v) is 3.33. The minimum absolute atomic E-state index is 0.371. The van der Waals surface area contributed by atoms with Gasteiger partial charge in [0.1, 0.15) is 12.4 Å². The maximum Gasteiger partial charge on any atom is 0.227 e. The summed E-state index contributed by atoms with van der Waals surface area (Å²) < 4.78 is 24.2. The van der Waals surface area contributed by atoms with Crippen LogP contribution in [0, 0.1) is 5.82 Å². The molecule has 0 fully saturated rings. The molecule has 21 heavy (non-hydrogen) atoms. The molecule has 112 valence electrons. The lowest BCUT2D eigenvalue weighted by atomic mass is 10.3. The molecule has 1 aromatic heterocycles. The molecule has 0 bridgehead atoms. The van der Waals surface area contributed by atoms with Crippen molar-refractivity contribution in [3.63, 3.8) is 0 Å². The number of rotatable bonds is 7. The lowest BCUT2D eigenvalue weighted by Gasteiger charge is -2.08. The van der Waals surface area contributed by atoms with Gasteiger partial charge in [0.25, 0.3) is 0 Å². The smallest absolute Gasteiger partial charge is 0.227 e. The number of aromatic nitrogens is 2. The summed E-state index contributed by atoms with van der Waals surface area (Å²) in [7, 11) is 1.63. The zero-order valence-corrected chi connectivity index (χ0v) is 13.6. The number of alkyl halides is 1. The van der Waals surface area contributed by atoms with Gasteiger partial charge >= 0.3 is 0 Å². The van der Waals surface area contributed by atoms with Crippen molar-refractivity contribution in [2.24, 2.45) is 0 Å². The number of benzene rings is 1. The minimum atomic E-state index is -0.392. The summed E-state index contributed by atoms with van der Waals surface area (Å²) in [6.07, 6.45) is 1.17. The second-order valence-electron chi connectivity index (χ2n) is 4.11. The van der Waals surface area contributed by atoms with Crippen molar-refractivity contribution in [1.29, 1.82) is 0 Å². The highest BCUT2D eigenvalue weighted by Gasteiger charge is 2.06. The van der Waals surface area contributed by atoms with E-state index in [9.17, 15) is 4.39 Å². The molecule has 0 amide bonds. The predicted octanol–water partition coefficient (Wildman–Crippen LogP) is 3.32. The average Bonchev–Trinajstić information content (AvgIpc) is 2.51. The summed E-state index contributed by atoms with van der Waals surface area (Å²) in [5, 5.41) is 3.03. The molecule has 2 rings (SSSR count). The first kappa shape index (κ1) is 15.9. The fourth-order valence-corrected chi connectivity index (χ4v) is 2.10. The zero-order chi connectivity index (χ0) is 15.1. The quantitative estimate of drug-likeness (QED) is 0.437. The van der Waals surface area contributed by atoms with E-state index in [1.165, 1.54) is 6.20 Å². The van der Waals surface area contributed by atoms with Crippen LogP contribution in [0.1, 0.15) is 5.69 Å². The number of nitrogens with one attached hydrogen (secondary N) is 1. The number of methoxy groups -OCH3 is 1. The largest absolute Gasteiger partial charge is 0.491 e. The Labute approximate surface area is 136 Å². The molecule has 1 aromatic carbocycles. The predicted molar refractivity (Wildman–Crippen MR) is 86.8 cm³/mol. The molecule has 0 aliphatic heterocycles. The second kappa shape index (κ2) is 8.08. The van der Waals surface area contributed by atoms with Crippen molar-refractivity contribution >= 4 is 34.2 Å². The highest BCUT2D eigenvalue weighted by atomic mass is 127. The maximum atomic E-state index is 13.3. The molecular weight excluding hydrogens is 388 g/mol. The van der Waals surface area contributed by atoms with Crippen LogP contribution in [0.25, 0.3) is 0 Å². The number of ether oxygens (including phenoxy) is 2. The maximum absolute atomic E-state index is 13.3. The van der Waals surface area contributed by atoms with Crippen LogP contribution in [0.4, 0.5) is 16.0 Å². The molecule has 1 heterocycles. The van der Waals surface area contributed by atoms with Crippen LogP contribution in [-0.2, 0) is 9.16 Å². The van der Waals surface area contributed by atoms with Crippen molar-refractivity contribution in [1.82, 2.24) is 9.97 Å². The van der Waals surface area contributed by atoms with E-state index in [4.69, 9.17) is 9.47 Å². The first-order chi connectivity index (χ1) is 10.2. The molecule has 1 N–H and O–H groups in total. The van der Waals surface area contributed by atoms with Crippen LogP contribution < -0.4 is 10.1 Å². The molecule has 0 aliphatic carbocycles. The Morgan fingerprint density at radius 2 is 2.00 bits per heavy atom. The number of anilines is 2. The van der Waals surface area contributed by atoms with Crippen LogP contribution in [0.3, 0.4) is 0 Å². The van der Waals surface area contributed by atoms with Crippen molar-refractivity contribution in [2.75, 3.05) is 25.6 Å². The Balaban J connectivity index is 1.99. The second-order valence-corrected chi connectivity index (χ2v) is 4.88. The van der Waals surface area contributed by atoms with Gasteiger partial charge in [-0.15, -0.1) is 0 Å². The first-order valence-electron chi connectivity index (χ1n) is 6.29. The van der Waals surface area contributed by atoms with Crippen LogP contribution in [0.5, 0.6) is 5.75 Å². The summed E-state index contributed by atoms with van der Waals surface area (Å²) in [5.41, 5.74) is 1.19. The molecule has 7 heteroatoms. The minimum Gasteiger partial charge on any atom is -0.491 e. The lowest BCUT2D eigenvalue weighted by molar-refractivity contribution is 0.146. The third-order valence-electron chi connectivity index (χ3n) is 2.61. The molecule has 0 saturated heterocycles. The summed E-state index contributed by atoms with van der Waals surface area (Å²) >= 11 is 2.06. The van der Waals surface area contributed by atoms with Gasteiger partial charge in [-0.25, -0.2) is 14.4 Å². The lowest BCUT2D eigenvalue weighted by Crippen LogP contribution is -2.04. The molecular formula is C14H15FIN3O2. The van der Waals surface area contributed by atoms with Gasteiger partial charge in [-0.3, -0.25) is 0 Å². The van der Waals surface area contributed by atoms with Crippen LogP contribution in [0.15, 0.2) is 30.5 Å². The van der Waals surface area contributed by atoms with Crippen LogP contribution in [-0.4, -0.2) is 30.3 Å². The molecule has 0 saturated carbocycles. The SMILES string of the molecule is COCCOc1ccc(Nc2ncc(F)c(CI)n2)cc1. The fraction of sp³-hybridized carbons (Fsp3) is 0.286. The Kier molecular flexibility index (Phi) is 6.12. The van der Waals surface area contributed by atoms with Crippen molar-refractivity contribution in [3.8, 4) is 5.75 Å². The number of nitrogens with zero attached hydrogens (tertiary/aromatic N) is 2. The number of hydrogen-bond acceptors (Lipinski definition) is 5. The highest BCUT2D eigenvalue weighted by molar-refractivity contribution is 14.1. The summed E-state index contributed by atoms with van der Waals surface area (Å²) in [6.45, 7) is 1.05. The van der Waals surface area contributed by atoms with Crippen molar-refractivity contribution in [2.45, 2.75) is 4.43 Å². The van der Waals surface area contributed by atoms with E-state index in [1.54, 1.807) is 7.11 Å². The van der Waals surface area contributed by atoms with Gasteiger partial charge in [-0.2, -0.15) is 0 Å². The van der Waals surface area contributed by atoms with Crippen LogP contribution >= 0.6 is 22.6 Å². The Morgan fingerprint density at radius 3 is 2.67 bits per heavy atom. The molecule has 0 spiro atoms. The van der Waals surface area contributed by atoms with Crippen LogP contribution in [0.2, 0.25) is 0 Å². The monoisotopic (exact) mass is 403 g/mol. The van der Waals surface area contributed by atoms with Gasteiger partial charge in [0.15, 0.2) is 5.82 Å².